The van der Waals surface area contributed by atoms with E-state index in [1.807, 2.05) is 12.1 Å². The van der Waals surface area contributed by atoms with Gasteiger partial charge in [0.05, 0.1) is 18.0 Å². The number of hydrogen-bond donors (Lipinski definition) is 0. The minimum absolute atomic E-state index is 0.0455. The van der Waals surface area contributed by atoms with Crippen LogP contribution in [0.3, 0.4) is 0 Å². The predicted octanol–water partition coefficient (Wildman–Crippen LogP) is 4.81. The van der Waals surface area contributed by atoms with Crippen LogP contribution in [0.4, 0.5) is 0 Å². The van der Waals surface area contributed by atoms with Gasteiger partial charge in [-0.2, -0.15) is 0 Å². The van der Waals surface area contributed by atoms with Crippen LogP contribution in [0.5, 0.6) is 5.75 Å². The summed E-state index contributed by atoms with van der Waals surface area (Å²) < 4.78 is 7.00. The molecule has 2 aromatic carbocycles. The van der Waals surface area contributed by atoms with Gasteiger partial charge in [-0.05, 0) is 62.9 Å². The molecule has 3 aromatic rings. The fraction of sp³-hybridized carbons (Fsp3) is 0.318. The lowest BCUT2D eigenvalue weighted by Gasteiger charge is -2.14. The number of ether oxygens (including phenoxy) is 1. The quantitative estimate of drug-likeness (QED) is 0.436. The first-order valence-electron chi connectivity index (χ1n) is 9.01. The van der Waals surface area contributed by atoms with Crippen molar-refractivity contribution in [3.63, 3.8) is 0 Å². The Labute approximate surface area is 164 Å². The molecule has 0 N–H and O–H groups in total. The highest BCUT2D eigenvalue weighted by Crippen LogP contribution is 2.26. The summed E-state index contributed by atoms with van der Waals surface area (Å²) in [7, 11) is 1.59. The third-order valence-corrected chi connectivity index (χ3v) is 5.60. The molecular weight excluding hydrogens is 356 g/mol. The lowest BCUT2D eigenvalue weighted by atomic mass is 10.1. The first-order chi connectivity index (χ1) is 13.0. The SMILES string of the molecule is [CH]CCCn1c(SCc2cc(C)ccc2C)nc2ccc(OC)cc2c1=O. The Bertz CT molecular complexity index is 1010. The van der Waals surface area contributed by atoms with Crippen LogP contribution >= 0.6 is 11.8 Å². The van der Waals surface area contributed by atoms with Crippen molar-refractivity contribution in [1.82, 2.24) is 9.55 Å². The van der Waals surface area contributed by atoms with E-state index in [-0.39, 0.29) is 5.56 Å². The number of aromatic nitrogens is 2. The van der Waals surface area contributed by atoms with Gasteiger partial charge in [-0.15, -0.1) is 0 Å². The molecule has 1 heterocycles. The van der Waals surface area contributed by atoms with E-state index in [4.69, 9.17) is 16.6 Å². The molecule has 0 atom stereocenters. The van der Waals surface area contributed by atoms with Crippen molar-refractivity contribution in [3.05, 3.63) is 70.4 Å². The van der Waals surface area contributed by atoms with Crippen molar-refractivity contribution in [2.45, 2.75) is 44.1 Å². The zero-order chi connectivity index (χ0) is 19.4. The van der Waals surface area contributed by atoms with Crippen molar-refractivity contribution in [2.24, 2.45) is 0 Å². The van der Waals surface area contributed by atoms with Crippen LogP contribution in [-0.4, -0.2) is 16.7 Å². The second-order valence-corrected chi connectivity index (χ2v) is 7.54. The molecule has 0 saturated carbocycles. The molecule has 0 aliphatic carbocycles. The Hall–Kier alpha value is -2.27. The number of nitrogens with zero attached hydrogens (tertiary/aromatic N) is 2. The van der Waals surface area contributed by atoms with Gasteiger partial charge in [-0.3, -0.25) is 9.36 Å². The van der Waals surface area contributed by atoms with Crippen LogP contribution in [0, 0.1) is 20.8 Å². The summed E-state index contributed by atoms with van der Waals surface area (Å²) >= 11 is 1.59. The molecule has 0 spiro atoms. The molecule has 4 nitrogen and oxygen atoms in total. The number of aryl methyl sites for hydroxylation is 2. The molecule has 0 unspecified atom stereocenters. The van der Waals surface area contributed by atoms with Gasteiger partial charge < -0.3 is 4.74 Å². The van der Waals surface area contributed by atoms with Gasteiger partial charge in [0.1, 0.15) is 5.75 Å². The van der Waals surface area contributed by atoms with Crippen molar-refractivity contribution in [3.8, 4) is 5.75 Å². The number of benzene rings is 2. The minimum atomic E-state index is -0.0455. The van der Waals surface area contributed by atoms with Crippen LogP contribution in [0.25, 0.3) is 10.9 Å². The second-order valence-electron chi connectivity index (χ2n) is 6.60. The number of hydrogen-bond acceptors (Lipinski definition) is 4. The van der Waals surface area contributed by atoms with Gasteiger partial charge >= 0.3 is 0 Å². The molecule has 3 rings (SSSR count). The van der Waals surface area contributed by atoms with Crippen molar-refractivity contribution < 1.29 is 4.74 Å². The number of rotatable bonds is 7. The molecule has 0 bridgehead atoms. The number of thioether (sulfide) groups is 1. The fourth-order valence-electron chi connectivity index (χ4n) is 2.96. The summed E-state index contributed by atoms with van der Waals surface area (Å²) in [6, 6.07) is 11.9. The van der Waals surface area contributed by atoms with Crippen molar-refractivity contribution in [1.29, 1.82) is 0 Å². The highest BCUT2D eigenvalue weighted by Gasteiger charge is 2.13. The van der Waals surface area contributed by atoms with E-state index in [0.717, 1.165) is 17.3 Å². The third-order valence-electron chi connectivity index (χ3n) is 4.57. The van der Waals surface area contributed by atoms with E-state index in [1.54, 1.807) is 29.5 Å². The molecule has 27 heavy (non-hydrogen) atoms. The topological polar surface area (TPSA) is 44.1 Å². The summed E-state index contributed by atoms with van der Waals surface area (Å²) in [5, 5.41) is 1.30. The Balaban J connectivity index is 2.01. The maximum absolute atomic E-state index is 13.1. The van der Waals surface area contributed by atoms with Crippen molar-refractivity contribution in [2.75, 3.05) is 7.11 Å². The van der Waals surface area contributed by atoms with E-state index in [9.17, 15) is 4.79 Å². The van der Waals surface area contributed by atoms with E-state index >= 15 is 0 Å². The third kappa shape index (κ3) is 4.35. The molecule has 5 heteroatoms. The summed E-state index contributed by atoms with van der Waals surface area (Å²) in [4.78, 5) is 17.8. The lowest BCUT2D eigenvalue weighted by molar-refractivity contribution is 0.415. The van der Waals surface area contributed by atoms with E-state index in [0.29, 0.717) is 29.6 Å². The van der Waals surface area contributed by atoms with Gasteiger partial charge in [0.25, 0.3) is 5.56 Å². The highest BCUT2D eigenvalue weighted by atomic mass is 32.2. The largest absolute Gasteiger partial charge is 0.497 e. The van der Waals surface area contributed by atoms with Gasteiger partial charge in [-0.1, -0.05) is 35.5 Å². The number of unbranched alkanes of at least 4 members (excludes halogenated alkanes) is 1. The minimum Gasteiger partial charge on any atom is -0.497 e. The van der Waals surface area contributed by atoms with Gasteiger partial charge in [0.2, 0.25) is 0 Å². The van der Waals surface area contributed by atoms with E-state index < -0.39 is 0 Å². The van der Waals surface area contributed by atoms with Crippen LogP contribution in [0.15, 0.2) is 46.3 Å². The fourth-order valence-corrected chi connectivity index (χ4v) is 4.05. The molecule has 1 aromatic heterocycles. The first kappa shape index (κ1) is 19.5. The summed E-state index contributed by atoms with van der Waals surface area (Å²) in [5.41, 5.74) is 4.38. The van der Waals surface area contributed by atoms with Crippen LogP contribution < -0.4 is 10.3 Å². The maximum atomic E-state index is 13.1. The van der Waals surface area contributed by atoms with Gasteiger partial charge in [0.15, 0.2) is 5.16 Å². The molecule has 0 saturated heterocycles. The monoisotopic (exact) mass is 380 g/mol. The zero-order valence-electron chi connectivity index (χ0n) is 16.0. The van der Waals surface area contributed by atoms with Gasteiger partial charge in [0, 0.05) is 12.3 Å². The molecule has 0 aliphatic rings. The Morgan fingerprint density at radius 3 is 2.74 bits per heavy atom. The second kappa shape index (κ2) is 8.61. The lowest BCUT2D eigenvalue weighted by Crippen LogP contribution is -2.23. The van der Waals surface area contributed by atoms with Crippen molar-refractivity contribution >= 4 is 22.7 Å². The molecule has 2 radical (unpaired) electrons. The highest BCUT2D eigenvalue weighted by molar-refractivity contribution is 7.98. The molecular formula is C22H24N2O2S. The Kier molecular flexibility index (Phi) is 6.22. The average molecular weight is 381 g/mol. The number of methoxy groups -OCH3 is 1. The molecule has 0 aliphatic heterocycles. The normalized spacial score (nSPS) is 11.1. The van der Waals surface area contributed by atoms with E-state index in [2.05, 4.69) is 32.0 Å². The first-order valence-corrected chi connectivity index (χ1v) is 9.99. The Morgan fingerprint density at radius 1 is 1.19 bits per heavy atom. The summed E-state index contributed by atoms with van der Waals surface area (Å²) in [6.07, 6.45) is 1.26. The summed E-state index contributed by atoms with van der Waals surface area (Å²) in [5.74, 6) is 1.42. The van der Waals surface area contributed by atoms with Crippen LogP contribution in [0.1, 0.15) is 29.5 Å². The smallest absolute Gasteiger partial charge is 0.262 e. The molecule has 0 fully saturated rings. The summed E-state index contributed by atoms with van der Waals surface area (Å²) in [6.45, 7) is 10.4. The molecule has 140 valence electrons. The van der Waals surface area contributed by atoms with Crippen LogP contribution in [0.2, 0.25) is 0 Å². The zero-order valence-corrected chi connectivity index (χ0v) is 16.8. The van der Waals surface area contributed by atoms with Gasteiger partial charge in [-0.25, -0.2) is 4.98 Å². The average Bonchev–Trinajstić information content (AvgIpc) is 2.68. The van der Waals surface area contributed by atoms with Crippen LogP contribution in [-0.2, 0) is 12.3 Å². The molecule has 0 amide bonds. The standard InChI is InChI=1S/C22H24N2O2S/c1-5-6-11-24-21(25)19-13-18(26-4)9-10-20(19)23-22(24)27-14-17-12-15(2)7-8-16(17)3/h1,7-10,12-13H,5-6,11,14H2,2-4H3. The maximum Gasteiger partial charge on any atom is 0.262 e. The Morgan fingerprint density at radius 2 is 2.00 bits per heavy atom. The number of fused-ring (bicyclic) bond motifs is 1. The van der Waals surface area contributed by atoms with E-state index in [1.165, 1.54) is 16.7 Å². The predicted molar refractivity (Wildman–Crippen MR) is 112 cm³/mol.